The predicted molar refractivity (Wildman–Crippen MR) is 94.6 cm³/mol. The molecule has 0 spiro atoms. The van der Waals surface area contributed by atoms with Crippen LogP contribution in [0.2, 0.25) is 0 Å². The number of carbonyl (C=O) groups is 2. The van der Waals surface area contributed by atoms with Gasteiger partial charge in [-0.25, -0.2) is 9.59 Å². The Morgan fingerprint density at radius 1 is 1.26 bits per heavy atom. The highest BCUT2D eigenvalue weighted by Crippen LogP contribution is 2.41. The highest BCUT2D eigenvalue weighted by Gasteiger charge is 2.37. The van der Waals surface area contributed by atoms with Gasteiger partial charge in [0.25, 0.3) is 5.69 Å². The predicted octanol–water partition coefficient (Wildman–Crippen LogP) is 2.19. The van der Waals surface area contributed by atoms with E-state index >= 15 is 0 Å². The highest BCUT2D eigenvalue weighted by atomic mass is 16.6. The molecular weight excluding hydrogens is 358 g/mol. The van der Waals surface area contributed by atoms with Crippen LogP contribution < -0.4 is 20.1 Å². The molecule has 1 aliphatic heterocycles. The molecule has 2 amide bonds. The van der Waals surface area contributed by atoms with Gasteiger partial charge in [-0.2, -0.15) is 0 Å². The van der Waals surface area contributed by atoms with Gasteiger partial charge in [0.2, 0.25) is 0 Å². The zero-order valence-corrected chi connectivity index (χ0v) is 15.5. The number of amides is 2. The number of hydrogen-bond donors (Lipinski definition) is 2. The molecule has 0 saturated carbocycles. The number of allylic oxidation sites excluding steroid dienone is 1. The summed E-state index contributed by atoms with van der Waals surface area (Å²) in [5.41, 5.74) is 0.193. The minimum absolute atomic E-state index is 0.0884. The van der Waals surface area contributed by atoms with Gasteiger partial charge in [-0.3, -0.25) is 10.1 Å². The number of ether oxygens (including phenoxy) is 3. The van der Waals surface area contributed by atoms with E-state index in [1.807, 2.05) is 0 Å². The third-order valence-electron chi connectivity index (χ3n) is 4.03. The Balaban J connectivity index is 2.75. The summed E-state index contributed by atoms with van der Waals surface area (Å²) in [6.07, 6.45) is 0.330. The molecule has 0 bridgehead atoms. The smallest absolute Gasteiger partial charge is 0.337 e. The molecule has 0 radical (unpaired) electrons. The number of nitrogens with one attached hydrogen (secondary N) is 2. The molecule has 0 saturated heterocycles. The molecular formula is C17H21N3O7. The average Bonchev–Trinajstić information content (AvgIpc) is 2.66. The molecule has 1 aliphatic rings. The van der Waals surface area contributed by atoms with E-state index in [1.165, 1.54) is 26.4 Å². The minimum atomic E-state index is -1.08. The first-order valence-electron chi connectivity index (χ1n) is 8.25. The summed E-state index contributed by atoms with van der Waals surface area (Å²) in [5.74, 6) is -0.269. The molecule has 0 fully saturated rings. The van der Waals surface area contributed by atoms with Gasteiger partial charge >= 0.3 is 12.0 Å². The van der Waals surface area contributed by atoms with E-state index in [4.69, 9.17) is 14.2 Å². The maximum atomic E-state index is 12.3. The van der Waals surface area contributed by atoms with E-state index in [0.29, 0.717) is 18.7 Å². The van der Waals surface area contributed by atoms with Crippen LogP contribution in [0.15, 0.2) is 23.4 Å². The molecule has 146 valence electrons. The lowest BCUT2D eigenvalue weighted by Gasteiger charge is -2.29. The molecule has 2 rings (SSSR count). The van der Waals surface area contributed by atoms with Gasteiger partial charge in [0.15, 0.2) is 11.5 Å². The van der Waals surface area contributed by atoms with Gasteiger partial charge in [0.1, 0.15) is 0 Å². The number of methoxy groups -OCH3 is 2. The number of nitro benzene ring substituents is 1. The topological polar surface area (TPSA) is 129 Å². The second-order valence-electron chi connectivity index (χ2n) is 5.52. The Hall–Kier alpha value is -3.30. The number of hydrogen-bond acceptors (Lipinski definition) is 7. The van der Waals surface area contributed by atoms with E-state index in [9.17, 15) is 19.7 Å². The number of esters is 1. The molecule has 1 aromatic carbocycles. The Bertz CT molecular complexity index is 804. The zero-order chi connectivity index (χ0) is 20.1. The highest BCUT2D eigenvalue weighted by molar-refractivity contribution is 5.95. The average molecular weight is 379 g/mol. The summed E-state index contributed by atoms with van der Waals surface area (Å²) < 4.78 is 15.5. The molecule has 0 aliphatic carbocycles. The number of benzene rings is 1. The maximum Gasteiger partial charge on any atom is 0.337 e. The van der Waals surface area contributed by atoms with Gasteiger partial charge in [-0.15, -0.1) is 0 Å². The molecule has 1 unspecified atom stereocenters. The van der Waals surface area contributed by atoms with Crippen LogP contribution in [0.5, 0.6) is 11.5 Å². The number of urea groups is 1. The van der Waals surface area contributed by atoms with Crippen LogP contribution in [-0.2, 0) is 9.53 Å². The van der Waals surface area contributed by atoms with Crippen molar-refractivity contribution in [2.24, 2.45) is 0 Å². The van der Waals surface area contributed by atoms with Gasteiger partial charge in [-0.1, -0.05) is 6.92 Å². The first-order chi connectivity index (χ1) is 12.9. The van der Waals surface area contributed by atoms with E-state index in [-0.39, 0.29) is 28.3 Å². The lowest BCUT2D eigenvalue weighted by atomic mass is 9.92. The van der Waals surface area contributed by atoms with Crippen LogP contribution in [0.3, 0.4) is 0 Å². The van der Waals surface area contributed by atoms with Crippen molar-refractivity contribution in [2.75, 3.05) is 20.8 Å². The van der Waals surface area contributed by atoms with Gasteiger partial charge in [0.05, 0.1) is 49.0 Å². The van der Waals surface area contributed by atoms with E-state index in [1.54, 1.807) is 13.8 Å². The van der Waals surface area contributed by atoms with Crippen molar-refractivity contribution in [1.29, 1.82) is 0 Å². The fourth-order valence-electron chi connectivity index (χ4n) is 2.86. The van der Waals surface area contributed by atoms with Crippen molar-refractivity contribution in [3.63, 3.8) is 0 Å². The normalized spacial score (nSPS) is 16.3. The van der Waals surface area contributed by atoms with Gasteiger partial charge in [0, 0.05) is 5.70 Å². The second kappa shape index (κ2) is 8.39. The fourth-order valence-corrected chi connectivity index (χ4v) is 2.86. The standard InChI is InChI=1S/C17H21N3O7/c1-5-10-14(16(21)26-4)15(19-17(22)18-10)9-7-13(27-6-2)12(25-3)8-11(9)20(23)24/h7-8,15H,5-6H2,1-4H3,(H2,18,19,22). The maximum absolute atomic E-state index is 12.3. The molecule has 10 nitrogen and oxygen atoms in total. The largest absolute Gasteiger partial charge is 0.493 e. The summed E-state index contributed by atoms with van der Waals surface area (Å²) in [7, 11) is 2.56. The molecule has 1 aromatic rings. The molecule has 2 N–H and O–H groups in total. The van der Waals surface area contributed by atoms with E-state index in [0.717, 1.165) is 0 Å². The summed E-state index contributed by atoms with van der Waals surface area (Å²) >= 11 is 0. The van der Waals surface area contributed by atoms with Crippen LogP contribution in [0, 0.1) is 10.1 Å². The van der Waals surface area contributed by atoms with Crippen molar-refractivity contribution >= 4 is 17.7 Å². The molecule has 1 atom stereocenters. The Morgan fingerprint density at radius 2 is 1.96 bits per heavy atom. The van der Waals surface area contributed by atoms with Crippen LogP contribution in [-0.4, -0.2) is 37.8 Å². The molecule has 10 heteroatoms. The number of carbonyl (C=O) groups excluding carboxylic acids is 2. The Labute approximate surface area is 155 Å². The van der Waals surface area contributed by atoms with Crippen LogP contribution in [0.4, 0.5) is 10.5 Å². The van der Waals surface area contributed by atoms with Crippen LogP contribution in [0.1, 0.15) is 31.9 Å². The number of nitro groups is 1. The van der Waals surface area contributed by atoms with Crippen molar-refractivity contribution in [3.05, 3.63) is 39.1 Å². The third kappa shape index (κ3) is 3.94. The second-order valence-corrected chi connectivity index (χ2v) is 5.52. The van der Waals surface area contributed by atoms with Crippen molar-refractivity contribution in [1.82, 2.24) is 10.6 Å². The first-order valence-corrected chi connectivity index (χ1v) is 8.25. The zero-order valence-electron chi connectivity index (χ0n) is 15.5. The first kappa shape index (κ1) is 20.0. The van der Waals surface area contributed by atoms with Crippen molar-refractivity contribution in [3.8, 4) is 11.5 Å². The van der Waals surface area contributed by atoms with Crippen LogP contribution >= 0.6 is 0 Å². The number of rotatable bonds is 7. The lowest BCUT2D eigenvalue weighted by molar-refractivity contribution is -0.385. The Kier molecular flexibility index (Phi) is 6.22. The monoisotopic (exact) mass is 379 g/mol. The minimum Gasteiger partial charge on any atom is -0.493 e. The fraction of sp³-hybridized carbons (Fsp3) is 0.412. The summed E-state index contributed by atoms with van der Waals surface area (Å²) in [4.78, 5) is 35.4. The molecule has 1 heterocycles. The number of nitrogens with zero attached hydrogens (tertiary/aromatic N) is 1. The lowest BCUT2D eigenvalue weighted by Crippen LogP contribution is -2.46. The van der Waals surface area contributed by atoms with E-state index < -0.39 is 23.0 Å². The quantitative estimate of drug-likeness (QED) is 0.422. The Morgan fingerprint density at radius 3 is 2.48 bits per heavy atom. The van der Waals surface area contributed by atoms with Crippen molar-refractivity contribution < 1.29 is 28.7 Å². The summed E-state index contributed by atoms with van der Waals surface area (Å²) in [5, 5.41) is 16.7. The SMILES string of the molecule is CCOc1cc(C2NC(=O)NC(CC)=C2C(=O)OC)c([N+](=O)[O-])cc1OC. The van der Waals surface area contributed by atoms with Gasteiger partial charge < -0.3 is 24.8 Å². The summed E-state index contributed by atoms with van der Waals surface area (Å²) in [6, 6.07) is 0.946. The van der Waals surface area contributed by atoms with Crippen molar-refractivity contribution in [2.45, 2.75) is 26.3 Å². The van der Waals surface area contributed by atoms with E-state index in [2.05, 4.69) is 10.6 Å². The third-order valence-corrected chi connectivity index (χ3v) is 4.03. The molecule has 0 aromatic heterocycles. The molecule has 27 heavy (non-hydrogen) atoms. The van der Waals surface area contributed by atoms with Crippen LogP contribution in [0.25, 0.3) is 0 Å². The van der Waals surface area contributed by atoms with Gasteiger partial charge in [-0.05, 0) is 19.4 Å². The summed E-state index contributed by atoms with van der Waals surface area (Å²) in [6.45, 7) is 3.79.